The Balaban J connectivity index is 1.74. The van der Waals surface area contributed by atoms with Gasteiger partial charge in [0.15, 0.2) is 5.75 Å². The summed E-state index contributed by atoms with van der Waals surface area (Å²) >= 11 is 0. The molecule has 0 aliphatic carbocycles. The second kappa shape index (κ2) is 6.88. The molecule has 4 heterocycles. The highest BCUT2D eigenvalue weighted by Crippen LogP contribution is 2.34. The summed E-state index contributed by atoms with van der Waals surface area (Å²) in [7, 11) is 3.05. The molecule has 0 saturated heterocycles. The Morgan fingerprint density at radius 1 is 1.11 bits per heavy atom. The number of pyridine rings is 3. The second-order valence-electron chi connectivity index (χ2n) is 6.33. The highest BCUT2D eigenvalue weighted by Gasteiger charge is 2.32. The van der Waals surface area contributed by atoms with E-state index < -0.39 is 5.82 Å². The highest BCUT2D eigenvalue weighted by atomic mass is 19.1. The van der Waals surface area contributed by atoms with Gasteiger partial charge in [-0.1, -0.05) is 0 Å². The zero-order valence-corrected chi connectivity index (χ0v) is 15.6. The third-order valence-corrected chi connectivity index (χ3v) is 4.59. The highest BCUT2D eigenvalue weighted by molar-refractivity contribution is 6.10. The number of carbonyl (C=O) groups is 1. The van der Waals surface area contributed by atoms with Crippen molar-refractivity contribution in [1.82, 2.24) is 15.0 Å². The SMILES string of the molecule is COc1cc(-c2cc(C)c3c(n2)CN(c2cncc(F)c2)C3=O)cnc1OC. The maximum atomic E-state index is 13.5. The molecular weight excluding hydrogens is 363 g/mol. The molecule has 8 heteroatoms. The summed E-state index contributed by atoms with van der Waals surface area (Å²) in [4.78, 5) is 27.0. The van der Waals surface area contributed by atoms with E-state index in [9.17, 15) is 9.18 Å². The van der Waals surface area contributed by atoms with Gasteiger partial charge >= 0.3 is 0 Å². The Labute approximate surface area is 160 Å². The number of halogens is 1. The number of amides is 1. The minimum Gasteiger partial charge on any atom is -0.491 e. The topological polar surface area (TPSA) is 77.4 Å². The van der Waals surface area contributed by atoms with E-state index in [0.717, 1.165) is 17.3 Å². The first kappa shape index (κ1) is 17.8. The second-order valence-corrected chi connectivity index (χ2v) is 6.33. The fourth-order valence-electron chi connectivity index (χ4n) is 3.28. The number of aromatic nitrogens is 3. The molecule has 0 unspecified atom stereocenters. The van der Waals surface area contributed by atoms with Crippen LogP contribution in [0, 0.1) is 12.7 Å². The van der Waals surface area contributed by atoms with E-state index in [0.29, 0.717) is 34.3 Å². The zero-order valence-electron chi connectivity index (χ0n) is 15.6. The summed E-state index contributed by atoms with van der Waals surface area (Å²) in [5.74, 6) is 0.153. The van der Waals surface area contributed by atoms with Crippen molar-refractivity contribution in [2.75, 3.05) is 19.1 Å². The van der Waals surface area contributed by atoms with Crippen LogP contribution in [0.15, 0.2) is 36.8 Å². The third-order valence-electron chi connectivity index (χ3n) is 4.59. The Morgan fingerprint density at radius 3 is 2.64 bits per heavy atom. The minimum absolute atomic E-state index is 0.218. The maximum Gasteiger partial charge on any atom is 0.260 e. The largest absolute Gasteiger partial charge is 0.491 e. The molecule has 7 nitrogen and oxygen atoms in total. The van der Waals surface area contributed by atoms with Gasteiger partial charge in [-0.05, 0) is 24.6 Å². The van der Waals surface area contributed by atoms with Crippen molar-refractivity contribution in [3.05, 3.63) is 59.4 Å². The number of nitrogens with zero attached hydrogens (tertiary/aromatic N) is 4. The van der Waals surface area contributed by atoms with Crippen LogP contribution in [-0.4, -0.2) is 35.1 Å². The quantitative estimate of drug-likeness (QED) is 0.692. The first-order valence-corrected chi connectivity index (χ1v) is 8.53. The van der Waals surface area contributed by atoms with Gasteiger partial charge in [0.25, 0.3) is 11.8 Å². The summed E-state index contributed by atoms with van der Waals surface area (Å²) in [6, 6.07) is 4.89. The average molecular weight is 380 g/mol. The normalized spacial score (nSPS) is 12.9. The Kier molecular flexibility index (Phi) is 4.38. The van der Waals surface area contributed by atoms with Crippen LogP contribution in [0.4, 0.5) is 10.1 Å². The number of hydrogen-bond donors (Lipinski definition) is 0. The molecule has 1 aliphatic rings. The lowest BCUT2D eigenvalue weighted by Crippen LogP contribution is -2.23. The third kappa shape index (κ3) is 2.92. The first-order valence-electron chi connectivity index (χ1n) is 8.53. The van der Waals surface area contributed by atoms with Crippen LogP contribution in [-0.2, 0) is 6.54 Å². The lowest BCUT2D eigenvalue weighted by atomic mass is 10.1. The molecule has 0 N–H and O–H groups in total. The molecule has 0 saturated carbocycles. The van der Waals surface area contributed by atoms with E-state index in [1.54, 1.807) is 12.3 Å². The van der Waals surface area contributed by atoms with Gasteiger partial charge in [-0.2, -0.15) is 0 Å². The molecule has 0 atom stereocenters. The van der Waals surface area contributed by atoms with Crippen LogP contribution >= 0.6 is 0 Å². The molecule has 0 fully saturated rings. The number of fused-ring (bicyclic) bond motifs is 1. The molecule has 3 aromatic heterocycles. The van der Waals surface area contributed by atoms with Crippen molar-refractivity contribution in [2.24, 2.45) is 0 Å². The van der Waals surface area contributed by atoms with E-state index in [-0.39, 0.29) is 12.5 Å². The Hall–Kier alpha value is -3.55. The Bertz CT molecular complexity index is 1090. The predicted octanol–water partition coefficient (Wildman–Crippen LogP) is 3.16. The van der Waals surface area contributed by atoms with Gasteiger partial charge in [0.1, 0.15) is 5.82 Å². The van der Waals surface area contributed by atoms with E-state index in [1.165, 1.54) is 31.4 Å². The molecule has 1 amide bonds. The number of methoxy groups -OCH3 is 2. The molecule has 0 radical (unpaired) electrons. The van der Waals surface area contributed by atoms with Crippen LogP contribution in [0.5, 0.6) is 11.6 Å². The van der Waals surface area contributed by atoms with Crippen molar-refractivity contribution in [3.63, 3.8) is 0 Å². The van der Waals surface area contributed by atoms with Crippen LogP contribution < -0.4 is 14.4 Å². The van der Waals surface area contributed by atoms with Crippen LogP contribution in [0.1, 0.15) is 21.6 Å². The predicted molar refractivity (Wildman–Crippen MR) is 100 cm³/mol. The van der Waals surface area contributed by atoms with Crippen molar-refractivity contribution in [1.29, 1.82) is 0 Å². The number of aryl methyl sites for hydroxylation is 1. The summed E-state index contributed by atoms with van der Waals surface area (Å²) in [5, 5.41) is 0. The van der Waals surface area contributed by atoms with Gasteiger partial charge in [-0.3, -0.25) is 14.8 Å². The van der Waals surface area contributed by atoms with Gasteiger partial charge in [0.05, 0.1) is 55.8 Å². The van der Waals surface area contributed by atoms with Gasteiger partial charge in [-0.25, -0.2) is 9.37 Å². The number of carbonyl (C=O) groups excluding carboxylic acids is 1. The monoisotopic (exact) mass is 380 g/mol. The summed E-state index contributed by atoms with van der Waals surface area (Å²) in [5.41, 5.74) is 3.74. The molecular formula is C20H17FN4O3. The van der Waals surface area contributed by atoms with E-state index in [2.05, 4.69) is 15.0 Å². The van der Waals surface area contributed by atoms with Crippen molar-refractivity contribution < 1.29 is 18.7 Å². The van der Waals surface area contributed by atoms with Crippen LogP contribution in [0.25, 0.3) is 11.3 Å². The van der Waals surface area contributed by atoms with Crippen molar-refractivity contribution in [3.8, 4) is 22.9 Å². The maximum absolute atomic E-state index is 13.5. The van der Waals surface area contributed by atoms with Gasteiger partial charge in [0, 0.05) is 17.8 Å². The van der Waals surface area contributed by atoms with Crippen molar-refractivity contribution >= 4 is 11.6 Å². The molecule has 1 aliphatic heterocycles. The number of rotatable bonds is 4. The number of ether oxygens (including phenoxy) is 2. The summed E-state index contributed by atoms with van der Waals surface area (Å²) in [6.07, 6.45) is 4.20. The van der Waals surface area contributed by atoms with E-state index in [4.69, 9.17) is 9.47 Å². The molecule has 0 bridgehead atoms. The van der Waals surface area contributed by atoms with Gasteiger partial charge < -0.3 is 14.4 Å². The molecule has 4 rings (SSSR count). The number of hydrogen-bond acceptors (Lipinski definition) is 6. The van der Waals surface area contributed by atoms with E-state index >= 15 is 0 Å². The summed E-state index contributed by atoms with van der Waals surface area (Å²) < 4.78 is 24.0. The standard InChI is InChI=1S/C20H17FN4O3/c1-11-4-15(12-5-17(27-2)19(28-3)23-7-12)24-16-10-25(20(26)18(11)16)14-6-13(21)8-22-9-14/h4-9H,10H2,1-3H3. The Morgan fingerprint density at radius 2 is 1.93 bits per heavy atom. The smallest absolute Gasteiger partial charge is 0.260 e. The molecule has 0 spiro atoms. The zero-order chi connectivity index (χ0) is 19.8. The van der Waals surface area contributed by atoms with Crippen molar-refractivity contribution in [2.45, 2.75) is 13.5 Å². The van der Waals surface area contributed by atoms with Gasteiger partial charge in [-0.15, -0.1) is 0 Å². The number of anilines is 1. The first-order chi connectivity index (χ1) is 13.5. The van der Waals surface area contributed by atoms with Gasteiger partial charge in [0.2, 0.25) is 0 Å². The molecule has 3 aromatic rings. The minimum atomic E-state index is -0.497. The molecule has 0 aromatic carbocycles. The van der Waals surface area contributed by atoms with Crippen LogP contribution in [0.3, 0.4) is 0 Å². The van der Waals surface area contributed by atoms with Crippen LogP contribution in [0.2, 0.25) is 0 Å². The fraction of sp³-hybridized carbons (Fsp3) is 0.200. The summed E-state index contributed by atoms with van der Waals surface area (Å²) in [6.45, 7) is 2.10. The molecule has 28 heavy (non-hydrogen) atoms. The lowest BCUT2D eigenvalue weighted by Gasteiger charge is -2.14. The lowest BCUT2D eigenvalue weighted by molar-refractivity contribution is 0.0996. The fourth-order valence-corrected chi connectivity index (χ4v) is 3.28. The average Bonchev–Trinajstić information content (AvgIpc) is 3.04. The molecule has 142 valence electrons. The van der Waals surface area contributed by atoms with E-state index in [1.807, 2.05) is 13.0 Å².